The molecule has 2 heterocycles. The predicted molar refractivity (Wildman–Crippen MR) is 76.6 cm³/mol. The van der Waals surface area contributed by atoms with Crippen LogP contribution in [-0.2, 0) is 11.3 Å². The van der Waals surface area contributed by atoms with Crippen molar-refractivity contribution in [2.24, 2.45) is 5.92 Å². The van der Waals surface area contributed by atoms with Gasteiger partial charge in [-0.3, -0.25) is 0 Å². The zero-order valence-electron chi connectivity index (χ0n) is 11.2. The van der Waals surface area contributed by atoms with Crippen LogP contribution in [0.4, 0.5) is 5.13 Å². The number of amides is 1. The Bertz CT molecular complexity index is 651. The average molecular weight is 287 g/mol. The third-order valence-corrected chi connectivity index (χ3v) is 4.40. The summed E-state index contributed by atoms with van der Waals surface area (Å²) < 4.78 is 1.60. The van der Waals surface area contributed by atoms with Gasteiger partial charge in [-0.25, -0.2) is 9.59 Å². The topological polar surface area (TPSA) is 41.3 Å². The van der Waals surface area contributed by atoms with Crippen LogP contribution in [0.3, 0.4) is 0 Å². The van der Waals surface area contributed by atoms with E-state index in [0.29, 0.717) is 18.1 Å². The van der Waals surface area contributed by atoms with E-state index in [2.05, 4.69) is 0 Å². The summed E-state index contributed by atoms with van der Waals surface area (Å²) in [6.45, 7) is 2.38. The minimum atomic E-state index is -0.564. The summed E-state index contributed by atoms with van der Waals surface area (Å²) in [4.78, 5) is 26.5. The maximum absolute atomic E-state index is 12.5. The van der Waals surface area contributed by atoms with Gasteiger partial charge in [-0.15, -0.1) is 0 Å². The van der Waals surface area contributed by atoms with E-state index in [4.69, 9.17) is 0 Å². The molecule has 4 nitrogen and oxygen atoms in total. The highest BCUT2D eigenvalue weighted by Gasteiger charge is 2.46. The van der Waals surface area contributed by atoms with Crippen molar-refractivity contribution in [2.45, 2.75) is 19.9 Å². The monoisotopic (exact) mass is 287 g/mol. The van der Waals surface area contributed by atoms with Crippen LogP contribution in [0.2, 0.25) is 0 Å². The minimum absolute atomic E-state index is 0.0937. The van der Waals surface area contributed by atoms with Crippen molar-refractivity contribution in [3.63, 3.8) is 0 Å². The lowest BCUT2D eigenvalue weighted by molar-refractivity contribution is -0.560. The second-order valence-electron chi connectivity index (χ2n) is 4.76. The zero-order chi connectivity index (χ0) is 14.1. The van der Waals surface area contributed by atoms with Gasteiger partial charge in [0.25, 0.3) is 0 Å². The largest absolute Gasteiger partial charge is 0.351 e. The molecule has 1 aliphatic heterocycles. The molecule has 0 fully saturated rings. The van der Waals surface area contributed by atoms with Crippen molar-refractivity contribution in [1.29, 1.82) is 0 Å². The number of carbonyl (C=O) groups is 2. The van der Waals surface area contributed by atoms with E-state index in [1.165, 1.54) is 11.3 Å². The Morgan fingerprint density at radius 1 is 1.25 bits per heavy atom. The van der Waals surface area contributed by atoms with Gasteiger partial charge >= 0.3 is 16.9 Å². The molecule has 5 heteroatoms. The van der Waals surface area contributed by atoms with Crippen molar-refractivity contribution >= 4 is 28.3 Å². The molecule has 0 saturated carbocycles. The van der Waals surface area contributed by atoms with Crippen LogP contribution in [0.5, 0.6) is 0 Å². The minimum Gasteiger partial charge on any atom is -0.246 e. The summed E-state index contributed by atoms with van der Waals surface area (Å²) in [6, 6.07) is 9.83. The number of hydrogen-bond donors (Lipinski definition) is 0. The van der Waals surface area contributed by atoms with Gasteiger partial charge in [0, 0.05) is 5.38 Å². The lowest BCUT2D eigenvalue weighted by Gasteiger charge is -2.23. The predicted octanol–water partition coefficient (Wildman–Crippen LogP) is 2.25. The molecule has 20 heavy (non-hydrogen) atoms. The zero-order valence-corrected chi connectivity index (χ0v) is 12.0. The number of benzene rings is 1. The average Bonchev–Trinajstić information content (AvgIpc) is 2.95. The standard InChI is InChI=1S/C15H15N2O2S/c1-2-12-13(18)16-8-9-20-15(16)17(14(12)19)10-11-6-4-3-5-7-11/h3-9,12H,2,10H2,1H3/q+1. The fraction of sp³-hybridized carbons (Fsp3) is 0.267. The summed E-state index contributed by atoms with van der Waals surface area (Å²) in [5.41, 5.74) is 1.06. The third-order valence-electron chi connectivity index (χ3n) is 3.51. The number of aromatic nitrogens is 1. The van der Waals surface area contributed by atoms with Crippen LogP contribution in [0, 0.1) is 5.92 Å². The molecule has 1 aliphatic rings. The number of thiazole rings is 1. The second kappa shape index (κ2) is 5.17. The van der Waals surface area contributed by atoms with Gasteiger partial charge < -0.3 is 0 Å². The van der Waals surface area contributed by atoms with Crippen LogP contribution < -0.4 is 9.47 Å². The molecule has 102 valence electrons. The van der Waals surface area contributed by atoms with Crippen LogP contribution in [0.1, 0.15) is 23.7 Å². The summed E-state index contributed by atoms with van der Waals surface area (Å²) in [7, 11) is 0. The Hall–Kier alpha value is -2.01. The lowest BCUT2D eigenvalue weighted by atomic mass is 10.0. The number of rotatable bonds is 3. The molecule has 0 bridgehead atoms. The first-order valence-corrected chi connectivity index (χ1v) is 7.49. The van der Waals surface area contributed by atoms with Crippen LogP contribution in [-0.4, -0.2) is 11.8 Å². The van der Waals surface area contributed by atoms with Crippen LogP contribution >= 0.6 is 11.3 Å². The highest BCUT2D eigenvalue weighted by atomic mass is 32.1. The number of anilines is 1. The van der Waals surface area contributed by atoms with E-state index in [0.717, 1.165) is 5.56 Å². The molecular formula is C15H15N2O2S+. The van der Waals surface area contributed by atoms with Gasteiger partial charge in [-0.05, 0) is 12.0 Å². The summed E-state index contributed by atoms with van der Waals surface area (Å²) >= 11 is 1.42. The van der Waals surface area contributed by atoms with E-state index in [-0.39, 0.29) is 11.8 Å². The Morgan fingerprint density at radius 2 is 2.00 bits per heavy atom. The number of hydrogen-bond acceptors (Lipinski definition) is 3. The van der Waals surface area contributed by atoms with Gasteiger partial charge in [0.05, 0.1) is 0 Å². The molecule has 1 amide bonds. The van der Waals surface area contributed by atoms with Crippen LogP contribution in [0.25, 0.3) is 0 Å². The van der Waals surface area contributed by atoms with Crippen molar-refractivity contribution in [1.82, 2.24) is 0 Å². The molecule has 0 spiro atoms. The first-order chi connectivity index (χ1) is 9.72. The molecule has 0 radical (unpaired) electrons. The number of fused-ring (bicyclic) bond motifs is 1. The Labute approximate surface area is 121 Å². The quantitative estimate of drug-likeness (QED) is 0.642. The van der Waals surface area contributed by atoms with Gasteiger partial charge in [-0.2, -0.15) is 9.47 Å². The molecule has 3 rings (SSSR count). The molecule has 0 N–H and O–H groups in total. The van der Waals surface area contributed by atoms with Gasteiger partial charge in [-0.1, -0.05) is 48.6 Å². The van der Waals surface area contributed by atoms with E-state index in [1.54, 1.807) is 15.7 Å². The third kappa shape index (κ3) is 2.04. The van der Waals surface area contributed by atoms with Gasteiger partial charge in [0.2, 0.25) is 0 Å². The number of nitrogens with zero attached hydrogens (tertiary/aromatic N) is 2. The smallest absolute Gasteiger partial charge is 0.246 e. The molecule has 1 aromatic heterocycles. The maximum Gasteiger partial charge on any atom is 0.351 e. The molecule has 2 aromatic rings. The van der Waals surface area contributed by atoms with Crippen LogP contribution in [0.15, 0.2) is 41.9 Å². The van der Waals surface area contributed by atoms with E-state index >= 15 is 0 Å². The van der Waals surface area contributed by atoms with E-state index in [9.17, 15) is 9.59 Å². The number of carbonyl (C=O) groups excluding carboxylic acids is 2. The normalized spacial score (nSPS) is 18.2. The molecule has 1 aromatic carbocycles. The summed E-state index contributed by atoms with van der Waals surface area (Å²) in [5.74, 6) is -0.771. The van der Waals surface area contributed by atoms with Crippen molar-refractivity contribution in [3.05, 3.63) is 47.5 Å². The molecule has 0 aliphatic carbocycles. The van der Waals surface area contributed by atoms with Crippen molar-refractivity contribution < 1.29 is 14.2 Å². The van der Waals surface area contributed by atoms with E-state index in [1.807, 2.05) is 42.6 Å². The molecular weight excluding hydrogens is 272 g/mol. The summed E-state index contributed by atoms with van der Waals surface area (Å²) in [5, 5.41) is 2.55. The van der Waals surface area contributed by atoms with Crippen molar-refractivity contribution in [2.75, 3.05) is 4.90 Å². The molecule has 0 saturated heterocycles. The van der Waals surface area contributed by atoms with Gasteiger partial charge in [0.1, 0.15) is 12.7 Å². The first kappa shape index (κ1) is 13.0. The van der Waals surface area contributed by atoms with E-state index < -0.39 is 5.92 Å². The fourth-order valence-corrected chi connectivity index (χ4v) is 3.30. The van der Waals surface area contributed by atoms with Crippen molar-refractivity contribution in [3.8, 4) is 0 Å². The lowest BCUT2D eigenvalue weighted by Crippen LogP contribution is -2.59. The summed E-state index contributed by atoms with van der Waals surface area (Å²) in [6.07, 6.45) is 2.28. The SMILES string of the molecule is CCC1C(=O)N(Cc2ccccc2)c2scc[n+]2C1=O. The van der Waals surface area contributed by atoms with Gasteiger partial charge in [0.15, 0.2) is 5.92 Å². The highest BCUT2D eigenvalue weighted by molar-refractivity contribution is 7.13. The molecule has 1 unspecified atom stereocenters. The second-order valence-corrected chi connectivity index (χ2v) is 5.64. The fourth-order valence-electron chi connectivity index (χ4n) is 2.45. The Morgan fingerprint density at radius 3 is 2.70 bits per heavy atom. The Balaban J connectivity index is 2.00. The maximum atomic E-state index is 12.5. The first-order valence-electron chi connectivity index (χ1n) is 6.61. The molecule has 1 atom stereocenters. The highest BCUT2D eigenvalue weighted by Crippen LogP contribution is 2.26. The Kier molecular flexibility index (Phi) is 3.36.